The van der Waals surface area contributed by atoms with Gasteiger partial charge in [0.1, 0.15) is 0 Å². The normalized spacial score (nSPS) is 29.4. The third-order valence-electron chi connectivity index (χ3n) is 5.59. The van der Waals surface area contributed by atoms with Gasteiger partial charge < -0.3 is 5.32 Å². The molecule has 1 N–H and O–H groups in total. The molecule has 1 heterocycles. The maximum absolute atomic E-state index is 4.33. The Morgan fingerprint density at radius 1 is 1.10 bits per heavy atom. The lowest BCUT2D eigenvalue weighted by molar-refractivity contribution is 0.140. The average molecular weight is 289 g/mol. The fourth-order valence-electron chi connectivity index (χ4n) is 4.60. The van der Waals surface area contributed by atoms with E-state index in [-0.39, 0.29) is 0 Å². The van der Waals surface area contributed by atoms with Crippen LogP contribution in [0.15, 0.2) is 18.5 Å². The first-order chi connectivity index (χ1) is 10.3. The van der Waals surface area contributed by atoms with Gasteiger partial charge in [0.15, 0.2) is 0 Å². The first-order valence-corrected chi connectivity index (χ1v) is 9.06. The number of rotatable bonds is 5. The Bertz CT molecular complexity index is 395. The summed E-state index contributed by atoms with van der Waals surface area (Å²) in [5.41, 5.74) is 0. The van der Waals surface area contributed by atoms with Crippen molar-refractivity contribution >= 4 is 0 Å². The van der Waals surface area contributed by atoms with Crippen LogP contribution in [0.2, 0.25) is 0 Å². The lowest BCUT2D eigenvalue weighted by Crippen LogP contribution is -2.47. The van der Waals surface area contributed by atoms with Crippen molar-refractivity contribution in [2.75, 3.05) is 0 Å². The third-order valence-corrected chi connectivity index (χ3v) is 5.59. The average Bonchev–Trinajstić information content (AvgIpc) is 3.01. The summed E-state index contributed by atoms with van der Waals surface area (Å²) >= 11 is 0. The highest BCUT2D eigenvalue weighted by molar-refractivity contribution is 4.88. The summed E-state index contributed by atoms with van der Waals surface area (Å²) < 4.78 is 2.05. The van der Waals surface area contributed by atoms with Crippen LogP contribution in [0.3, 0.4) is 0 Å². The van der Waals surface area contributed by atoms with Crippen molar-refractivity contribution in [2.45, 2.75) is 83.3 Å². The van der Waals surface area contributed by atoms with Crippen LogP contribution in [0, 0.1) is 11.8 Å². The highest BCUT2D eigenvalue weighted by Gasteiger charge is 2.32. The van der Waals surface area contributed by atoms with E-state index in [0.717, 1.165) is 24.4 Å². The van der Waals surface area contributed by atoms with E-state index in [2.05, 4.69) is 28.2 Å². The van der Waals surface area contributed by atoms with Gasteiger partial charge in [-0.05, 0) is 37.7 Å². The molecule has 21 heavy (non-hydrogen) atoms. The minimum absolute atomic E-state index is 0.513. The first-order valence-electron chi connectivity index (χ1n) is 9.06. The molecular formula is C18H31N3. The Morgan fingerprint density at radius 2 is 1.86 bits per heavy atom. The second-order valence-electron chi connectivity index (χ2n) is 7.25. The second kappa shape index (κ2) is 7.44. The Kier molecular flexibility index (Phi) is 5.34. The van der Waals surface area contributed by atoms with E-state index in [1.165, 1.54) is 57.8 Å². The van der Waals surface area contributed by atoms with Gasteiger partial charge in [-0.3, -0.25) is 4.68 Å². The molecule has 1 aromatic heterocycles. The fourth-order valence-corrected chi connectivity index (χ4v) is 4.60. The Labute approximate surface area is 129 Å². The summed E-state index contributed by atoms with van der Waals surface area (Å²) in [5.74, 6) is 1.92. The van der Waals surface area contributed by atoms with Crippen molar-refractivity contribution in [3.8, 4) is 0 Å². The molecule has 0 bridgehead atoms. The zero-order chi connectivity index (χ0) is 14.5. The number of hydrogen-bond donors (Lipinski definition) is 1. The van der Waals surface area contributed by atoms with Crippen LogP contribution in [0.5, 0.6) is 0 Å². The predicted octanol–water partition coefficient (Wildman–Crippen LogP) is 4.00. The molecule has 0 amide bonds. The van der Waals surface area contributed by atoms with Gasteiger partial charge in [0.25, 0.3) is 0 Å². The summed E-state index contributed by atoms with van der Waals surface area (Å²) in [6, 6.07) is 3.27. The number of nitrogens with zero attached hydrogens (tertiary/aromatic N) is 2. The van der Waals surface area contributed by atoms with E-state index in [4.69, 9.17) is 0 Å². The van der Waals surface area contributed by atoms with Gasteiger partial charge >= 0.3 is 0 Å². The van der Waals surface area contributed by atoms with Crippen molar-refractivity contribution in [3.63, 3.8) is 0 Å². The molecule has 0 radical (unpaired) electrons. The van der Waals surface area contributed by atoms with Crippen molar-refractivity contribution in [2.24, 2.45) is 11.8 Å². The van der Waals surface area contributed by atoms with Crippen LogP contribution in [-0.2, 0) is 6.54 Å². The summed E-state index contributed by atoms with van der Waals surface area (Å²) in [6.45, 7) is 3.30. The molecular weight excluding hydrogens is 258 g/mol. The van der Waals surface area contributed by atoms with Crippen LogP contribution < -0.4 is 5.32 Å². The van der Waals surface area contributed by atoms with Crippen LogP contribution in [0.4, 0.5) is 0 Å². The topological polar surface area (TPSA) is 29.9 Å². The van der Waals surface area contributed by atoms with Gasteiger partial charge in [-0.1, -0.05) is 44.9 Å². The summed E-state index contributed by atoms with van der Waals surface area (Å²) in [6.07, 6.45) is 17.0. The zero-order valence-corrected chi connectivity index (χ0v) is 13.5. The molecule has 2 aliphatic carbocycles. The lowest BCUT2D eigenvalue weighted by atomic mass is 9.71. The highest BCUT2D eigenvalue weighted by Crippen LogP contribution is 2.38. The Hall–Kier alpha value is -0.830. The van der Waals surface area contributed by atoms with E-state index < -0.39 is 0 Å². The molecule has 3 unspecified atom stereocenters. The molecule has 118 valence electrons. The molecule has 3 heteroatoms. The maximum Gasteiger partial charge on any atom is 0.0560 e. The largest absolute Gasteiger partial charge is 0.309 e. The molecule has 2 saturated carbocycles. The van der Waals surface area contributed by atoms with Crippen LogP contribution in [0.1, 0.15) is 64.7 Å². The molecule has 3 rings (SSSR count). The molecule has 0 saturated heterocycles. The van der Waals surface area contributed by atoms with E-state index >= 15 is 0 Å². The monoisotopic (exact) mass is 289 g/mol. The number of hydrogen-bond acceptors (Lipinski definition) is 2. The van der Waals surface area contributed by atoms with E-state index in [1.807, 2.05) is 12.3 Å². The molecule has 0 spiro atoms. The van der Waals surface area contributed by atoms with Crippen LogP contribution in [-0.4, -0.2) is 21.9 Å². The highest BCUT2D eigenvalue weighted by atomic mass is 15.3. The molecule has 2 aliphatic rings. The maximum atomic E-state index is 4.33. The molecule has 0 aromatic carbocycles. The predicted molar refractivity (Wildman–Crippen MR) is 87.1 cm³/mol. The van der Waals surface area contributed by atoms with E-state index in [1.54, 1.807) is 0 Å². The van der Waals surface area contributed by atoms with Crippen molar-refractivity contribution < 1.29 is 0 Å². The van der Waals surface area contributed by atoms with Crippen LogP contribution >= 0.6 is 0 Å². The summed E-state index contributed by atoms with van der Waals surface area (Å²) in [4.78, 5) is 0. The summed E-state index contributed by atoms with van der Waals surface area (Å²) in [5, 5.41) is 8.28. The van der Waals surface area contributed by atoms with Gasteiger partial charge in [-0.2, -0.15) is 5.10 Å². The van der Waals surface area contributed by atoms with Crippen molar-refractivity contribution in [1.29, 1.82) is 0 Å². The number of aromatic nitrogens is 2. The van der Waals surface area contributed by atoms with Gasteiger partial charge in [0.2, 0.25) is 0 Å². The molecule has 3 atom stereocenters. The minimum atomic E-state index is 0.513. The van der Waals surface area contributed by atoms with Crippen molar-refractivity contribution in [1.82, 2.24) is 15.1 Å². The first kappa shape index (κ1) is 15.1. The van der Waals surface area contributed by atoms with Crippen LogP contribution in [0.25, 0.3) is 0 Å². The quantitative estimate of drug-likeness (QED) is 0.888. The molecule has 1 aromatic rings. The zero-order valence-electron chi connectivity index (χ0n) is 13.5. The fraction of sp³-hybridized carbons (Fsp3) is 0.833. The number of nitrogens with one attached hydrogen (secondary N) is 1. The lowest BCUT2D eigenvalue weighted by Gasteiger charge is -2.40. The SMILES string of the molecule is CC(Cn1cccn1)NC1CCCCC1C1CCCCC1. The van der Waals surface area contributed by atoms with E-state index in [0.29, 0.717) is 6.04 Å². The smallest absolute Gasteiger partial charge is 0.0560 e. The molecule has 3 nitrogen and oxygen atoms in total. The van der Waals surface area contributed by atoms with Gasteiger partial charge in [0.05, 0.1) is 6.54 Å². The standard InChI is InChI=1S/C18H31N3/c1-15(14-21-13-7-12-19-21)20-18-11-6-5-10-17(18)16-8-3-2-4-9-16/h7,12-13,15-18,20H,2-6,8-11,14H2,1H3. The van der Waals surface area contributed by atoms with E-state index in [9.17, 15) is 0 Å². The van der Waals surface area contributed by atoms with Gasteiger partial charge in [0, 0.05) is 24.5 Å². The van der Waals surface area contributed by atoms with Gasteiger partial charge in [-0.25, -0.2) is 0 Å². The second-order valence-corrected chi connectivity index (χ2v) is 7.25. The van der Waals surface area contributed by atoms with Crippen molar-refractivity contribution in [3.05, 3.63) is 18.5 Å². The Balaban J connectivity index is 1.55. The van der Waals surface area contributed by atoms with Gasteiger partial charge in [-0.15, -0.1) is 0 Å². The minimum Gasteiger partial charge on any atom is -0.309 e. The molecule has 2 fully saturated rings. The third kappa shape index (κ3) is 4.09. The summed E-state index contributed by atoms with van der Waals surface area (Å²) in [7, 11) is 0. The molecule has 0 aliphatic heterocycles. The Morgan fingerprint density at radius 3 is 2.62 bits per heavy atom.